The minimum Gasteiger partial charge on any atom is -0.423 e. The third-order valence-electron chi connectivity index (χ3n) is 1.36. The Bertz CT molecular complexity index is 211. The van der Waals surface area contributed by atoms with Gasteiger partial charge in [0.1, 0.15) is 0 Å². The second-order valence-electron chi connectivity index (χ2n) is 2.20. The Morgan fingerprint density at radius 1 is 1.70 bits per heavy atom. The van der Waals surface area contributed by atoms with Crippen LogP contribution in [-0.2, 0) is 11.7 Å². The van der Waals surface area contributed by atoms with Crippen LogP contribution in [0.1, 0.15) is 0 Å². The molecule has 0 atom stereocenters. The van der Waals surface area contributed by atoms with Gasteiger partial charge in [0.25, 0.3) is 0 Å². The Hall–Kier alpha value is -0.735. The molecule has 0 aliphatic rings. The van der Waals surface area contributed by atoms with E-state index in [1.165, 1.54) is 7.11 Å². The Morgan fingerprint density at radius 2 is 2.40 bits per heavy atom. The molecule has 1 heterocycles. The first-order valence-corrected chi connectivity index (χ1v) is 3.07. The van der Waals surface area contributed by atoms with Gasteiger partial charge >= 0.3 is 7.12 Å². The fourth-order valence-electron chi connectivity index (χ4n) is 0.807. The van der Waals surface area contributed by atoms with Crippen molar-refractivity contribution in [1.82, 2.24) is 4.57 Å². The van der Waals surface area contributed by atoms with Crippen LogP contribution in [0.2, 0.25) is 0 Å². The molecule has 0 radical (unpaired) electrons. The van der Waals surface area contributed by atoms with Crippen LogP contribution in [0.25, 0.3) is 0 Å². The van der Waals surface area contributed by atoms with E-state index in [0.717, 1.165) is 5.46 Å². The van der Waals surface area contributed by atoms with Gasteiger partial charge in [-0.2, -0.15) is 0 Å². The molecule has 1 aromatic rings. The maximum Gasteiger partial charge on any atom is 0.492 e. The van der Waals surface area contributed by atoms with Crippen molar-refractivity contribution >= 4 is 12.6 Å². The lowest BCUT2D eigenvalue weighted by molar-refractivity contribution is 0.341. The molecule has 10 heavy (non-hydrogen) atoms. The van der Waals surface area contributed by atoms with Gasteiger partial charge in [-0.25, -0.2) is 0 Å². The summed E-state index contributed by atoms with van der Waals surface area (Å²) in [5.74, 6) is 0. The van der Waals surface area contributed by atoms with E-state index in [0.29, 0.717) is 0 Å². The average Bonchev–Trinajstić information content (AvgIpc) is 2.34. The Morgan fingerprint density at radius 3 is 2.80 bits per heavy atom. The third kappa shape index (κ3) is 1.40. The predicted molar refractivity (Wildman–Crippen MR) is 40.0 cm³/mol. The monoisotopic (exact) mass is 139 g/mol. The molecule has 3 nitrogen and oxygen atoms in total. The predicted octanol–water partition coefficient (Wildman–Crippen LogP) is -0.641. The zero-order chi connectivity index (χ0) is 7.56. The molecule has 0 saturated heterocycles. The van der Waals surface area contributed by atoms with E-state index in [1.807, 2.05) is 30.1 Å². The highest BCUT2D eigenvalue weighted by molar-refractivity contribution is 6.59. The molecular formula is C6H10BNO2. The van der Waals surface area contributed by atoms with Gasteiger partial charge in [0.2, 0.25) is 0 Å². The lowest BCUT2D eigenvalue weighted by Crippen LogP contribution is -2.31. The van der Waals surface area contributed by atoms with E-state index in [9.17, 15) is 0 Å². The lowest BCUT2D eigenvalue weighted by Gasteiger charge is -1.97. The average molecular weight is 139 g/mol. The van der Waals surface area contributed by atoms with Gasteiger partial charge in [0.05, 0.1) is 0 Å². The van der Waals surface area contributed by atoms with Gasteiger partial charge in [-0.15, -0.1) is 0 Å². The van der Waals surface area contributed by atoms with E-state index in [1.54, 1.807) is 0 Å². The van der Waals surface area contributed by atoms with Crippen LogP contribution in [-0.4, -0.2) is 23.8 Å². The molecule has 0 spiro atoms. The molecule has 0 aromatic carbocycles. The van der Waals surface area contributed by atoms with Gasteiger partial charge < -0.3 is 14.2 Å². The van der Waals surface area contributed by atoms with Gasteiger partial charge in [0, 0.05) is 26.6 Å². The van der Waals surface area contributed by atoms with Crippen molar-refractivity contribution in [1.29, 1.82) is 0 Å². The molecule has 0 unspecified atom stereocenters. The summed E-state index contributed by atoms with van der Waals surface area (Å²) in [4.78, 5) is 0. The summed E-state index contributed by atoms with van der Waals surface area (Å²) in [6.07, 6.45) is 3.67. The summed E-state index contributed by atoms with van der Waals surface area (Å²) in [5, 5.41) is 9.11. The topological polar surface area (TPSA) is 34.4 Å². The molecule has 0 aliphatic heterocycles. The Balaban J connectivity index is 2.74. The van der Waals surface area contributed by atoms with Gasteiger partial charge in [-0.1, -0.05) is 0 Å². The largest absolute Gasteiger partial charge is 0.492 e. The molecular weight excluding hydrogens is 129 g/mol. The first kappa shape index (κ1) is 7.37. The zero-order valence-corrected chi connectivity index (χ0v) is 6.11. The first-order chi connectivity index (χ1) is 4.74. The molecule has 0 bridgehead atoms. The summed E-state index contributed by atoms with van der Waals surface area (Å²) in [7, 11) is 2.57. The minimum absolute atomic E-state index is 0.782. The molecule has 0 fully saturated rings. The van der Waals surface area contributed by atoms with Crippen LogP contribution in [0.5, 0.6) is 0 Å². The van der Waals surface area contributed by atoms with Crippen LogP contribution >= 0.6 is 0 Å². The van der Waals surface area contributed by atoms with Crippen molar-refractivity contribution in [3.8, 4) is 0 Å². The highest BCUT2D eigenvalue weighted by Crippen LogP contribution is 1.85. The molecule has 0 amide bonds. The Kier molecular flexibility index (Phi) is 2.14. The fraction of sp³-hybridized carbons (Fsp3) is 0.333. The molecule has 0 aliphatic carbocycles. The van der Waals surface area contributed by atoms with Gasteiger partial charge in [-0.05, 0) is 11.5 Å². The van der Waals surface area contributed by atoms with E-state index in [-0.39, 0.29) is 0 Å². The SMILES string of the molecule is COB(O)c1ccn(C)c1. The fourth-order valence-corrected chi connectivity index (χ4v) is 0.807. The van der Waals surface area contributed by atoms with E-state index in [4.69, 9.17) is 9.68 Å². The van der Waals surface area contributed by atoms with Crippen LogP contribution in [0.4, 0.5) is 0 Å². The minimum atomic E-state index is -0.791. The summed E-state index contributed by atoms with van der Waals surface area (Å²) >= 11 is 0. The highest BCUT2D eigenvalue weighted by Gasteiger charge is 2.14. The second-order valence-corrected chi connectivity index (χ2v) is 2.20. The van der Waals surface area contributed by atoms with E-state index >= 15 is 0 Å². The summed E-state index contributed by atoms with van der Waals surface area (Å²) < 4.78 is 6.55. The quantitative estimate of drug-likeness (QED) is 0.553. The highest BCUT2D eigenvalue weighted by atomic mass is 16.5. The van der Waals surface area contributed by atoms with Crippen LogP contribution in [0, 0.1) is 0 Å². The van der Waals surface area contributed by atoms with Crippen molar-refractivity contribution in [3.63, 3.8) is 0 Å². The van der Waals surface area contributed by atoms with Crippen molar-refractivity contribution in [2.45, 2.75) is 0 Å². The molecule has 1 N–H and O–H groups in total. The first-order valence-electron chi connectivity index (χ1n) is 3.07. The second kappa shape index (κ2) is 2.90. The number of rotatable bonds is 2. The van der Waals surface area contributed by atoms with Crippen LogP contribution in [0.3, 0.4) is 0 Å². The molecule has 54 valence electrons. The van der Waals surface area contributed by atoms with Gasteiger partial charge in [0.15, 0.2) is 0 Å². The van der Waals surface area contributed by atoms with Crippen molar-refractivity contribution < 1.29 is 9.68 Å². The summed E-state index contributed by atoms with van der Waals surface area (Å²) in [6.45, 7) is 0. The third-order valence-corrected chi connectivity index (χ3v) is 1.36. The van der Waals surface area contributed by atoms with Crippen LogP contribution in [0.15, 0.2) is 18.5 Å². The number of hydrogen-bond donors (Lipinski definition) is 1. The molecule has 0 saturated carbocycles. The smallest absolute Gasteiger partial charge is 0.423 e. The number of aromatic nitrogens is 1. The van der Waals surface area contributed by atoms with Gasteiger partial charge in [-0.3, -0.25) is 0 Å². The normalized spacial score (nSPS) is 9.90. The Labute approximate surface area is 60.4 Å². The summed E-state index contributed by atoms with van der Waals surface area (Å²) in [6, 6.07) is 1.81. The maximum atomic E-state index is 9.11. The van der Waals surface area contributed by atoms with Crippen molar-refractivity contribution in [3.05, 3.63) is 18.5 Å². The van der Waals surface area contributed by atoms with E-state index in [2.05, 4.69) is 0 Å². The number of nitrogens with zero attached hydrogens (tertiary/aromatic N) is 1. The summed E-state index contributed by atoms with van der Waals surface area (Å²) in [5.41, 5.74) is 0.782. The van der Waals surface area contributed by atoms with E-state index < -0.39 is 7.12 Å². The lowest BCUT2D eigenvalue weighted by atomic mass is 9.82. The molecule has 4 heteroatoms. The molecule has 1 rings (SSSR count). The zero-order valence-electron chi connectivity index (χ0n) is 6.11. The van der Waals surface area contributed by atoms with Crippen molar-refractivity contribution in [2.24, 2.45) is 7.05 Å². The molecule has 1 aromatic heterocycles. The van der Waals surface area contributed by atoms with Crippen molar-refractivity contribution in [2.75, 3.05) is 7.11 Å². The standard InChI is InChI=1S/C6H10BNO2/c1-8-4-3-6(5-8)7(9)10-2/h3-5,9H,1-2H3. The van der Waals surface area contributed by atoms with Crippen LogP contribution < -0.4 is 5.46 Å². The number of aryl methyl sites for hydroxylation is 1. The maximum absolute atomic E-state index is 9.11. The number of hydrogen-bond acceptors (Lipinski definition) is 2.